The molecular formula is C16H11FN4OS. The van der Waals surface area contributed by atoms with Gasteiger partial charge in [0.25, 0.3) is 0 Å². The van der Waals surface area contributed by atoms with Crippen molar-refractivity contribution in [2.45, 2.75) is 11.9 Å². The third-order valence-electron chi connectivity index (χ3n) is 3.17. The molecule has 0 aliphatic carbocycles. The summed E-state index contributed by atoms with van der Waals surface area (Å²) in [5.41, 5.74) is 6.91. The van der Waals surface area contributed by atoms with Crippen molar-refractivity contribution in [1.82, 2.24) is 4.98 Å². The molecule has 0 atom stereocenters. The number of nitriles is 2. The molecule has 23 heavy (non-hydrogen) atoms. The summed E-state index contributed by atoms with van der Waals surface area (Å²) in [6.45, 7) is 1.61. The van der Waals surface area contributed by atoms with E-state index in [0.717, 1.165) is 11.8 Å². The molecule has 5 nitrogen and oxygen atoms in total. The van der Waals surface area contributed by atoms with Gasteiger partial charge in [0.1, 0.15) is 28.8 Å². The quantitative estimate of drug-likeness (QED) is 0.684. The molecule has 1 heterocycles. The van der Waals surface area contributed by atoms with Crippen molar-refractivity contribution in [2.75, 3.05) is 11.5 Å². The molecule has 2 aromatic rings. The number of anilines is 1. The van der Waals surface area contributed by atoms with Crippen molar-refractivity contribution in [2.24, 2.45) is 0 Å². The molecule has 0 amide bonds. The number of nitrogen functional groups attached to an aromatic ring is 1. The van der Waals surface area contributed by atoms with E-state index in [1.165, 1.54) is 24.3 Å². The van der Waals surface area contributed by atoms with Crippen LogP contribution in [0.1, 0.15) is 27.0 Å². The number of pyridine rings is 1. The first kappa shape index (κ1) is 16.5. The Bertz CT molecular complexity index is 850. The number of ketones is 1. The number of halogens is 1. The average Bonchev–Trinajstić information content (AvgIpc) is 2.53. The van der Waals surface area contributed by atoms with Crippen molar-refractivity contribution < 1.29 is 9.18 Å². The minimum atomic E-state index is -0.418. The first-order chi connectivity index (χ1) is 11.0. The summed E-state index contributed by atoms with van der Waals surface area (Å²) in [6, 6.07) is 9.11. The van der Waals surface area contributed by atoms with Gasteiger partial charge in [-0.25, -0.2) is 9.37 Å². The van der Waals surface area contributed by atoms with Crippen LogP contribution in [0, 0.1) is 35.4 Å². The van der Waals surface area contributed by atoms with Gasteiger partial charge in [-0.15, -0.1) is 0 Å². The van der Waals surface area contributed by atoms with E-state index in [9.17, 15) is 14.4 Å². The summed E-state index contributed by atoms with van der Waals surface area (Å²) in [4.78, 5) is 16.1. The standard InChI is InChI=1S/C16H11FN4OS/c1-9-12(6-18)15(20)21-16(13(9)7-19)23-8-14(22)10-2-4-11(17)5-3-10/h2-5H,8H2,1H3,(H2,20,21). The monoisotopic (exact) mass is 326 g/mol. The molecule has 0 aliphatic heterocycles. The van der Waals surface area contributed by atoms with Gasteiger partial charge in [0, 0.05) is 5.56 Å². The minimum Gasteiger partial charge on any atom is -0.383 e. The van der Waals surface area contributed by atoms with Gasteiger partial charge in [-0.1, -0.05) is 11.8 Å². The van der Waals surface area contributed by atoms with Crippen LogP contribution < -0.4 is 5.73 Å². The molecule has 0 saturated carbocycles. The maximum absolute atomic E-state index is 12.9. The Morgan fingerprint density at radius 1 is 1.26 bits per heavy atom. The SMILES string of the molecule is Cc1c(C#N)c(N)nc(SCC(=O)c2ccc(F)cc2)c1C#N. The van der Waals surface area contributed by atoms with Crippen LogP contribution in [0.4, 0.5) is 10.2 Å². The number of Topliss-reactive ketones (excluding diaryl/α,β-unsaturated/α-hetero) is 1. The number of nitrogens with two attached hydrogens (primary N) is 1. The number of aromatic nitrogens is 1. The number of hydrogen-bond donors (Lipinski definition) is 1. The summed E-state index contributed by atoms with van der Waals surface area (Å²) in [7, 11) is 0. The fourth-order valence-electron chi connectivity index (χ4n) is 1.93. The topological polar surface area (TPSA) is 104 Å². The molecule has 2 N–H and O–H groups in total. The molecule has 1 aromatic carbocycles. The van der Waals surface area contributed by atoms with Crippen molar-refractivity contribution in [3.8, 4) is 12.1 Å². The van der Waals surface area contributed by atoms with E-state index in [0.29, 0.717) is 16.2 Å². The van der Waals surface area contributed by atoms with Gasteiger partial charge in [0.05, 0.1) is 16.9 Å². The maximum atomic E-state index is 12.9. The van der Waals surface area contributed by atoms with Crippen LogP contribution in [0.15, 0.2) is 29.3 Å². The van der Waals surface area contributed by atoms with Crippen LogP contribution in [0.2, 0.25) is 0 Å². The smallest absolute Gasteiger partial charge is 0.173 e. The van der Waals surface area contributed by atoms with Crippen LogP contribution in [-0.2, 0) is 0 Å². The fourth-order valence-corrected chi connectivity index (χ4v) is 2.87. The van der Waals surface area contributed by atoms with E-state index in [2.05, 4.69) is 4.98 Å². The molecule has 1 aromatic heterocycles. The van der Waals surface area contributed by atoms with Gasteiger partial charge >= 0.3 is 0 Å². The minimum absolute atomic E-state index is 0.0259. The Hall–Kier alpha value is -2.90. The summed E-state index contributed by atoms with van der Waals surface area (Å²) < 4.78 is 12.9. The summed E-state index contributed by atoms with van der Waals surface area (Å²) in [5.74, 6) is -0.585. The van der Waals surface area contributed by atoms with Crippen LogP contribution in [0.5, 0.6) is 0 Å². The number of thioether (sulfide) groups is 1. The fraction of sp³-hybridized carbons (Fsp3) is 0.125. The second kappa shape index (κ2) is 6.91. The Balaban J connectivity index is 2.24. The largest absolute Gasteiger partial charge is 0.383 e. The van der Waals surface area contributed by atoms with E-state index in [4.69, 9.17) is 11.0 Å². The second-order valence-electron chi connectivity index (χ2n) is 4.62. The molecule has 0 unspecified atom stereocenters. The molecule has 0 aliphatic rings. The number of hydrogen-bond acceptors (Lipinski definition) is 6. The number of carbonyl (C=O) groups excluding carboxylic acids is 1. The number of carbonyl (C=O) groups is 1. The summed E-state index contributed by atoms with van der Waals surface area (Å²) in [6.07, 6.45) is 0. The number of rotatable bonds is 4. The predicted molar refractivity (Wildman–Crippen MR) is 84.3 cm³/mol. The Morgan fingerprint density at radius 3 is 2.43 bits per heavy atom. The van der Waals surface area contributed by atoms with Crippen LogP contribution in [0.25, 0.3) is 0 Å². The zero-order valence-electron chi connectivity index (χ0n) is 12.1. The lowest BCUT2D eigenvalue weighted by Gasteiger charge is -2.09. The van der Waals surface area contributed by atoms with Gasteiger partial charge in [-0.3, -0.25) is 4.79 Å². The van der Waals surface area contributed by atoms with Crippen LogP contribution in [-0.4, -0.2) is 16.5 Å². The zero-order valence-corrected chi connectivity index (χ0v) is 12.9. The van der Waals surface area contributed by atoms with E-state index in [1.54, 1.807) is 6.92 Å². The van der Waals surface area contributed by atoms with E-state index < -0.39 is 5.82 Å². The number of nitrogens with zero attached hydrogens (tertiary/aromatic N) is 3. The highest BCUT2D eigenvalue weighted by Gasteiger charge is 2.17. The highest BCUT2D eigenvalue weighted by Crippen LogP contribution is 2.28. The molecule has 0 spiro atoms. The predicted octanol–water partition coefficient (Wildman–Crippen LogP) is 2.83. The van der Waals surface area contributed by atoms with E-state index >= 15 is 0 Å². The van der Waals surface area contributed by atoms with Gasteiger partial charge < -0.3 is 5.73 Å². The molecule has 0 saturated heterocycles. The third kappa shape index (κ3) is 3.47. The van der Waals surface area contributed by atoms with Crippen molar-refractivity contribution in [3.63, 3.8) is 0 Å². The maximum Gasteiger partial charge on any atom is 0.173 e. The lowest BCUT2D eigenvalue weighted by atomic mass is 10.1. The van der Waals surface area contributed by atoms with Crippen molar-refractivity contribution >= 4 is 23.4 Å². The van der Waals surface area contributed by atoms with Gasteiger partial charge in [-0.2, -0.15) is 10.5 Å². The molecule has 0 bridgehead atoms. The van der Waals surface area contributed by atoms with Crippen LogP contribution >= 0.6 is 11.8 Å². The van der Waals surface area contributed by atoms with Gasteiger partial charge in [0.15, 0.2) is 5.78 Å². The molecule has 7 heteroatoms. The van der Waals surface area contributed by atoms with Gasteiger partial charge in [0.2, 0.25) is 0 Å². The molecule has 0 radical (unpaired) electrons. The first-order valence-corrected chi connectivity index (χ1v) is 7.48. The van der Waals surface area contributed by atoms with E-state index in [-0.39, 0.29) is 28.5 Å². The van der Waals surface area contributed by atoms with Gasteiger partial charge in [-0.05, 0) is 36.8 Å². The average molecular weight is 326 g/mol. The van der Waals surface area contributed by atoms with E-state index in [1.807, 2.05) is 12.1 Å². The Morgan fingerprint density at radius 2 is 1.87 bits per heavy atom. The zero-order chi connectivity index (χ0) is 17.0. The summed E-state index contributed by atoms with van der Waals surface area (Å²) in [5, 5.41) is 18.6. The first-order valence-electron chi connectivity index (χ1n) is 6.49. The highest BCUT2D eigenvalue weighted by atomic mass is 32.2. The molecule has 114 valence electrons. The third-order valence-corrected chi connectivity index (χ3v) is 4.15. The highest BCUT2D eigenvalue weighted by molar-refractivity contribution is 8.00. The lowest BCUT2D eigenvalue weighted by Crippen LogP contribution is -2.06. The lowest BCUT2D eigenvalue weighted by molar-refractivity contribution is 0.102. The second-order valence-corrected chi connectivity index (χ2v) is 5.58. The molecule has 2 rings (SSSR count). The Kier molecular flexibility index (Phi) is 4.95. The number of benzene rings is 1. The van der Waals surface area contributed by atoms with Crippen molar-refractivity contribution in [1.29, 1.82) is 10.5 Å². The molecular weight excluding hydrogens is 315 g/mol. The van der Waals surface area contributed by atoms with Crippen molar-refractivity contribution in [3.05, 3.63) is 52.3 Å². The van der Waals surface area contributed by atoms with Crippen LogP contribution in [0.3, 0.4) is 0 Å². The normalized spacial score (nSPS) is 9.91. The summed E-state index contributed by atoms with van der Waals surface area (Å²) >= 11 is 1.06. The molecule has 0 fully saturated rings. The Labute approximate surface area is 136 Å².